The molecule has 0 spiro atoms. The van der Waals surface area contributed by atoms with Crippen LogP contribution < -0.4 is 10.6 Å². The van der Waals surface area contributed by atoms with Gasteiger partial charge in [-0.25, -0.2) is 0 Å². The van der Waals surface area contributed by atoms with Gasteiger partial charge in [-0.05, 0) is 38.1 Å². The molecule has 0 fully saturated rings. The lowest BCUT2D eigenvalue weighted by Gasteiger charge is -2.25. The molecule has 0 aromatic heterocycles. The highest BCUT2D eigenvalue weighted by atomic mass is 16.2. The molecule has 1 heterocycles. The fraction of sp³-hybridized carbons (Fsp3) is 0.588. The van der Waals surface area contributed by atoms with Crippen molar-refractivity contribution in [2.45, 2.75) is 38.8 Å². The van der Waals surface area contributed by atoms with Crippen LogP contribution in [-0.4, -0.2) is 43.5 Å². The van der Waals surface area contributed by atoms with Crippen LogP contribution in [0.1, 0.15) is 25.8 Å². The summed E-state index contributed by atoms with van der Waals surface area (Å²) in [7, 11) is 4.09. The van der Waals surface area contributed by atoms with Crippen molar-refractivity contribution in [1.29, 1.82) is 0 Å². The summed E-state index contributed by atoms with van der Waals surface area (Å²) in [6.07, 6.45) is 1.78. The van der Waals surface area contributed by atoms with E-state index >= 15 is 0 Å². The van der Waals surface area contributed by atoms with E-state index in [4.69, 9.17) is 0 Å². The molecule has 1 aliphatic rings. The smallest absolute Gasteiger partial charge is 0.243 e. The van der Waals surface area contributed by atoms with Crippen molar-refractivity contribution in [2.24, 2.45) is 5.92 Å². The van der Waals surface area contributed by atoms with Crippen LogP contribution in [0.5, 0.6) is 0 Å². The number of hydrogen-bond acceptors (Lipinski definition) is 3. The molecule has 1 amide bonds. The molecule has 116 valence electrons. The van der Waals surface area contributed by atoms with E-state index in [1.807, 2.05) is 32.3 Å². The Hall–Kier alpha value is -1.55. The maximum atomic E-state index is 12.5. The highest BCUT2D eigenvalue weighted by Gasteiger charge is 2.28. The highest BCUT2D eigenvalue weighted by Crippen LogP contribution is 2.25. The van der Waals surface area contributed by atoms with Crippen molar-refractivity contribution in [1.82, 2.24) is 10.2 Å². The number of carbonyl (C=O) groups excluding carboxylic acids is 1. The fourth-order valence-electron chi connectivity index (χ4n) is 2.95. The topological polar surface area (TPSA) is 44.4 Å². The van der Waals surface area contributed by atoms with Crippen LogP contribution >= 0.6 is 0 Å². The Morgan fingerprint density at radius 3 is 2.71 bits per heavy atom. The van der Waals surface area contributed by atoms with Crippen molar-refractivity contribution < 1.29 is 4.79 Å². The molecule has 0 saturated carbocycles. The zero-order valence-corrected chi connectivity index (χ0v) is 13.5. The molecule has 2 rings (SSSR count). The second kappa shape index (κ2) is 6.94. The zero-order chi connectivity index (χ0) is 15.4. The maximum absolute atomic E-state index is 12.5. The summed E-state index contributed by atoms with van der Waals surface area (Å²) in [6.45, 7) is 5.26. The third kappa shape index (κ3) is 4.46. The lowest BCUT2D eigenvalue weighted by Crippen LogP contribution is -2.48. The van der Waals surface area contributed by atoms with E-state index in [-0.39, 0.29) is 18.0 Å². The van der Waals surface area contributed by atoms with E-state index in [0.717, 1.165) is 25.1 Å². The quantitative estimate of drug-likeness (QED) is 0.843. The predicted molar refractivity (Wildman–Crippen MR) is 87.5 cm³/mol. The summed E-state index contributed by atoms with van der Waals surface area (Å²) < 4.78 is 0. The number of likely N-dealkylation sites (N-methyl/N-ethyl adjacent to an activating group) is 1. The molecular weight excluding hydrogens is 262 g/mol. The second-order valence-electron chi connectivity index (χ2n) is 6.66. The number of fused-ring (bicyclic) bond motifs is 1. The van der Waals surface area contributed by atoms with E-state index < -0.39 is 0 Å². The Morgan fingerprint density at radius 2 is 2.10 bits per heavy atom. The Morgan fingerprint density at radius 1 is 1.38 bits per heavy atom. The number of carbonyl (C=O) groups is 1. The first kappa shape index (κ1) is 15.8. The number of rotatable bonds is 6. The lowest BCUT2D eigenvalue weighted by atomic mass is 10.0. The third-order valence-electron chi connectivity index (χ3n) is 3.78. The minimum atomic E-state index is -0.140. The number of nitrogens with one attached hydrogen (secondary N) is 2. The SMILES string of the molecule is CC(C)CC(CN(C)C)NC(=O)[C@@H]1Cc2ccccc2N1. The van der Waals surface area contributed by atoms with E-state index in [9.17, 15) is 4.79 Å². The standard InChI is InChI=1S/C17H27N3O/c1-12(2)9-14(11-20(3)4)18-17(21)16-10-13-7-5-6-8-15(13)19-16/h5-8,12,14,16,19H,9-11H2,1-4H3,(H,18,21)/t14?,16-/m0/s1. The minimum Gasteiger partial charge on any atom is -0.373 e. The summed E-state index contributed by atoms with van der Waals surface area (Å²) in [6, 6.07) is 8.21. The first-order valence-electron chi connectivity index (χ1n) is 7.75. The minimum absolute atomic E-state index is 0.110. The average molecular weight is 289 g/mol. The van der Waals surface area contributed by atoms with Crippen LogP contribution in [0, 0.1) is 5.92 Å². The first-order chi connectivity index (χ1) is 9.95. The highest BCUT2D eigenvalue weighted by molar-refractivity contribution is 5.87. The molecule has 2 atom stereocenters. The van der Waals surface area contributed by atoms with Gasteiger partial charge in [0.2, 0.25) is 5.91 Å². The molecular formula is C17H27N3O. The number of amides is 1. The van der Waals surface area contributed by atoms with Crippen LogP contribution in [0.2, 0.25) is 0 Å². The van der Waals surface area contributed by atoms with Crippen LogP contribution in [-0.2, 0) is 11.2 Å². The summed E-state index contributed by atoms with van der Waals surface area (Å²) in [5, 5.41) is 6.53. The molecule has 4 nitrogen and oxygen atoms in total. The largest absolute Gasteiger partial charge is 0.373 e. The van der Waals surface area contributed by atoms with Crippen molar-refractivity contribution in [3.63, 3.8) is 0 Å². The third-order valence-corrected chi connectivity index (χ3v) is 3.78. The fourth-order valence-corrected chi connectivity index (χ4v) is 2.95. The van der Waals surface area contributed by atoms with Gasteiger partial charge in [-0.2, -0.15) is 0 Å². The van der Waals surface area contributed by atoms with E-state index in [1.54, 1.807) is 0 Å². The monoisotopic (exact) mass is 289 g/mol. The van der Waals surface area contributed by atoms with Gasteiger partial charge in [0.05, 0.1) is 0 Å². The molecule has 4 heteroatoms. The normalized spacial score (nSPS) is 18.5. The average Bonchev–Trinajstić information content (AvgIpc) is 2.80. The van der Waals surface area contributed by atoms with Gasteiger partial charge < -0.3 is 15.5 Å². The number of para-hydroxylation sites is 1. The summed E-state index contributed by atoms with van der Waals surface area (Å²) >= 11 is 0. The Bertz CT molecular complexity index is 450. The molecule has 0 bridgehead atoms. The van der Waals surface area contributed by atoms with Crippen LogP contribution in [0.3, 0.4) is 0 Å². The zero-order valence-electron chi connectivity index (χ0n) is 13.5. The summed E-state index contributed by atoms with van der Waals surface area (Å²) in [5.74, 6) is 0.683. The molecule has 1 unspecified atom stereocenters. The molecule has 0 aliphatic carbocycles. The van der Waals surface area contributed by atoms with Gasteiger partial charge >= 0.3 is 0 Å². The molecule has 0 radical (unpaired) electrons. The van der Waals surface area contributed by atoms with E-state index in [2.05, 4.69) is 35.4 Å². The Labute approximate surface area is 127 Å². The van der Waals surface area contributed by atoms with Crippen molar-refractivity contribution >= 4 is 11.6 Å². The van der Waals surface area contributed by atoms with Crippen LogP contribution in [0.4, 0.5) is 5.69 Å². The molecule has 1 aliphatic heterocycles. The summed E-state index contributed by atoms with van der Waals surface area (Å²) in [5.41, 5.74) is 2.32. The lowest BCUT2D eigenvalue weighted by molar-refractivity contribution is -0.122. The van der Waals surface area contributed by atoms with Crippen LogP contribution in [0.15, 0.2) is 24.3 Å². The molecule has 2 N–H and O–H groups in total. The first-order valence-corrected chi connectivity index (χ1v) is 7.75. The van der Waals surface area contributed by atoms with Gasteiger partial charge in [0.15, 0.2) is 0 Å². The molecule has 21 heavy (non-hydrogen) atoms. The number of hydrogen-bond donors (Lipinski definition) is 2. The number of anilines is 1. The van der Waals surface area contributed by atoms with Gasteiger partial charge in [-0.1, -0.05) is 32.0 Å². The van der Waals surface area contributed by atoms with E-state index in [1.165, 1.54) is 5.56 Å². The van der Waals surface area contributed by atoms with Crippen LogP contribution in [0.25, 0.3) is 0 Å². The Balaban J connectivity index is 1.94. The Kier molecular flexibility index (Phi) is 5.23. The molecule has 0 saturated heterocycles. The van der Waals surface area contributed by atoms with Gasteiger partial charge in [0.25, 0.3) is 0 Å². The second-order valence-corrected chi connectivity index (χ2v) is 6.66. The molecule has 1 aromatic carbocycles. The van der Waals surface area contributed by atoms with E-state index in [0.29, 0.717) is 5.92 Å². The van der Waals surface area contributed by atoms with Gasteiger partial charge in [0.1, 0.15) is 6.04 Å². The van der Waals surface area contributed by atoms with Gasteiger partial charge in [-0.3, -0.25) is 4.79 Å². The summed E-state index contributed by atoms with van der Waals surface area (Å²) in [4.78, 5) is 14.6. The van der Waals surface area contributed by atoms with Crippen molar-refractivity contribution in [3.8, 4) is 0 Å². The predicted octanol–water partition coefficient (Wildman–Crippen LogP) is 2.12. The number of nitrogens with zero attached hydrogens (tertiary/aromatic N) is 1. The van der Waals surface area contributed by atoms with Gasteiger partial charge in [-0.15, -0.1) is 0 Å². The molecule has 1 aromatic rings. The number of benzene rings is 1. The van der Waals surface area contributed by atoms with Crippen molar-refractivity contribution in [3.05, 3.63) is 29.8 Å². The van der Waals surface area contributed by atoms with Crippen molar-refractivity contribution in [2.75, 3.05) is 26.0 Å². The van der Waals surface area contributed by atoms with Gasteiger partial charge in [0, 0.05) is 24.7 Å². The maximum Gasteiger partial charge on any atom is 0.243 e.